The standard InChI is InChI=1S/C17H22N2O2/c20-12-6-5-7-14-13-18-11-10-16(14)17(21)19-15-8-3-1-2-4-9-15/h10-11,13,15,20H,1-4,6,8-9,12H2,(H,19,21). The van der Waals surface area contributed by atoms with Gasteiger partial charge >= 0.3 is 0 Å². The van der Waals surface area contributed by atoms with Crippen molar-refractivity contribution < 1.29 is 9.90 Å². The minimum absolute atomic E-state index is 0.0247. The molecule has 1 amide bonds. The van der Waals surface area contributed by atoms with E-state index in [1.54, 1.807) is 18.5 Å². The van der Waals surface area contributed by atoms with Crippen molar-refractivity contribution in [3.8, 4) is 11.8 Å². The second-order valence-corrected chi connectivity index (χ2v) is 5.36. The highest BCUT2D eigenvalue weighted by Gasteiger charge is 2.17. The van der Waals surface area contributed by atoms with Crippen LogP contribution in [0.3, 0.4) is 0 Å². The third-order valence-electron chi connectivity index (χ3n) is 3.72. The molecule has 0 spiro atoms. The van der Waals surface area contributed by atoms with E-state index in [4.69, 9.17) is 5.11 Å². The van der Waals surface area contributed by atoms with Gasteiger partial charge in [-0.1, -0.05) is 37.5 Å². The molecule has 1 saturated carbocycles. The van der Waals surface area contributed by atoms with Crippen LogP contribution in [0.4, 0.5) is 0 Å². The van der Waals surface area contributed by atoms with Gasteiger partial charge in [-0.15, -0.1) is 0 Å². The van der Waals surface area contributed by atoms with E-state index < -0.39 is 0 Å². The predicted molar refractivity (Wildman–Crippen MR) is 81.8 cm³/mol. The molecule has 1 fully saturated rings. The minimum Gasteiger partial charge on any atom is -0.395 e. The lowest BCUT2D eigenvalue weighted by molar-refractivity contribution is 0.0933. The zero-order valence-corrected chi connectivity index (χ0v) is 12.3. The fourth-order valence-electron chi connectivity index (χ4n) is 2.59. The Labute approximate surface area is 126 Å². The summed E-state index contributed by atoms with van der Waals surface area (Å²) in [6, 6.07) is 1.97. The van der Waals surface area contributed by atoms with E-state index in [0.717, 1.165) is 12.8 Å². The Morgan fingerprint density at radius 1 is 1.33 bits per heavy atom. The summed E-state index contributed by atoms with van der Waals surface area (Å²) in [4.78, 5) is 16.4. The average Bonchev–Trinajstić information content (AvgIpc) is 2.76. The summed E-state index contributed by atoms with van der Waals surface area (Å²) in [5, 5.41) is 11.9. The van der Waals surface area contributed by atoms with Gasteiger partial charge in [0.2, 0.25) is 0 Å². The van der Waals surface area contributed by atoms with Gasteiger partial charge in [0.1, 0.15) is 0 Å². The first-order chi connectivity index (χ1) is 10.3. The van der Waals surface area contributed by atoms with E-state index in [0.29, 0.717) is 17.5 Å². The van der Waals surface area contributed by atoms with Crippen LogP contribution in [0.15, 0.2) is 18.5 Å². The molecule has 0 radical (unpaired) electrons. The second-order valence-electron chi connectivity index (χ2n) is 5.36. The fraction of sp³-hybridized carbons (Fsp3) is 0.529. The Bertz CT molecular complexity index is 523. The average molecular weight is 286 g/mol. The molecule has 0 unspecified atom stereocenters. The summed E-state index contributed by atoms with van der Waals surface area (Å²) in [5.74, 6) is 5.68. The SMILES string of the molecule is O=C(NC1CCCCCC1)c1ccncc1C#CCCO. The van der Waals surface area contributed by atoms with Crippen molar-refractivity contribution in [2.24, 2.45) is 0 Å². The van der Waals surface area contributed by atoms with Gasteiger partial charge in [0.15, 0.2) is 0 Å². The topological polar surface area (TPSA) is 62.2 Å². The summed E-state index contributed by atoms with van der Waals surface area (Å²) in [6.07, 6.45) is 10.6. The van der Waals surface area contributed by atoms with Crippen molar-refractivity contribution in [1.29, 1.82) is 0 Å². The second kappa shape index (κ2) is 8.43. The van der Waals surface area contributed by atoms with Crippen molar-refractivity contribution in [3.63, 3.8) is 0 Å². The van der Waals surface area contributed by atoms with Gasteiger partial charge in [0.25, 0.3) is 5.91 Å². The maximum absolute atomic E-state index is 12.4. The number of pyridine rings is 1. The molecule has 1 aliphatic carbocycles. The first kappa shape index (κ1) is 15.5. The first-order valence-electron chi connectivity index (χ1n) is 7.66. The van der Waals surface area contributed by atoms with E-state index in [-0.39, 0.29) is 18.6 Å². The van der Waals surface area contributed by atoms with Crippen LogP contribution in [0.2, 0.25) is 0 Å². The number of carbonyl (C=O) groups is 1. The lowest BCUT2D eigenvalue weighted by Crippen LogP contribution is -2.34. The summed E-state index contributed by atoms with van der Waals surface area (Å²) < 4.78 is 0. The van der Waals surface area contributed by atoms with Crippen molar-refractivity contribution in [2.45, 2.75) is 51.0 Å². The number of aromatic nitrogens is 1. The molecule has 2 N–H and O–H groups in total. The van der Waals surface area contributed by atoms with Crippen LogP contribution in [0.5, 0.6) is 0 Å². The zero-order valence-electron chi connectivity index (χ0n) is 12.3. The largest absolute Gasteiger partial charge is 0.395 e. The Morgan fingerprint density at radius 3 is 2.81 bits per heavy atom. The molecule has 1 aliphatic rings. The van der Waals surface area contributed by atoms with Crippen molar-refractivity contribution in [3.05, 3.63) is 29.6 Å². The van der Waals surface area contributed by atoms with E-state index >= 15 is 0 Å². The highest BCUT2D eigenvalue weighted by Crippen LogP contribution is 2.18. The molecule has 0 bridgehead atoms. The molecule has 0 atom stereocenters. The van der Waals surface area contributed by atoms with Crippen LogP contribution in [0.25, 0.3) is 0 Å². The number of nitrogens with one attached hydrogen (secondary N) is 1. The molecular weight excluding hydrogens is 264 g/mol. The third kappa shape index (κ3) is 4.87. The van der Waals surface area contributed by atoms with Gasteiger partial charge in [-0.25, -0.2) is 0 Å². The molecule has 4 nitrogen and oxygen atoms in total. The number of hydrogen-bond donors (Lipinski definition) is 2. The van der Waals surface area contributed by atoms with Gasteiger partial charge in [-0.2, -0.15) is 0 Å². The molecule has 0 aliphatic heterocycles. The highest BCUT2D eigenvalue weighted by atomic mass is 16.2. The van der Waals surface area contributed by atoms with Crippen LogP contribution < -0.4 is 5.32 Å². The first-order valence-corrected chi connectivity index (χ1v) is 7.66. The maximum atomic E-state index is 12.4. The molecule has 0 saturated heterocycles. The number of nitrogens with zero attached hydrogens (tertiary/aromatic N) is 1. The molecule has 112 valence electrons. The number of hydrogen-bond acceptors (Lipinski definition) is 3. The Balaban J connectivity index is 2.06. The van der Waals surface area contributed by atoms with Crippen LogP contribution in [-0.4, -0.2) is 28.6 Å². The summed E-state index contributed by atoms with van der Waals surface area (Å²) in [5.41, 5.74) is 1.19. The van der Waals surface area contributed by atoms with E-state index in [1.807, 2.05) is 0 Å². The van der Waals surface area contributed by atoms with E-state index in [1.165, 1.54) is 25.7 Å². The third-order valence-corrected chi connectivity index (χ3v) is 3.72. The van der Waals surface area contributed by atoms with Crippen molar-refractivity contribution in [2.75, 3.05) is 6.61 Å². The minimum atomic E-state index is -0.0717. The number of amides is 1. The van der Waals surface area contributed by atoms with E-state index in [2.05, 4.69) is 22.1 Å². The summed E-state index contributed by atoms with van der Waals surface area (Å²) >= 11 is 0. The Hall–Kier alpha value is -1.86. The molecular formula is C17H22N2O2. The number of carbonyl (C=O) groups excluding carboxylic acids is 1. The van der Waals surface area contributed by atoms with Crippen molar-refractivity contribution in [1.82, 2.24) is 10.3 Å². The summed E-state index contributed by atoms with van der Waals surface area (Å²) in [6.45, 7) is 0.0247. The van der Waals surface area contributed by atoms with Gasteiger partial charge in [0.05, 0.1) is 17.7 Å². The smallest absolute Gasteiger partial charge is 0.252 e. The maximum Gasteiger partial charge on any atom is 0.252 e. The van der Waals surface area contributed by atoms with E-state index in [9.17, 15) is 4.79 Å². The lowest BCUT2D eigenvalue weighted by atomic mass is 10.1. The number of aliphatic hydroxyl groups is 1. The molecule has 0 aromatic carbocycles. The molecule has 1 aromatic rings. The van der Waals surface area contributed by atoms with Gasteiger partial charge in [-0.3, -0.25) is 9.78 Å². The van der Waals surface area contributed by atoms with Gasteiger partial charge < -0.3 is 10.4 Å². The molecule has 4 heteroatoms. The number of aliphatic hydroxyl groups excluding tert-OH is 1. The van der Waals surface area contributed by atoms with Crippen LogP contribution >= 0.6 is 0 Å². The number of rotatable bonds is 3. The molecule has 21 heavy (non-hydrogen) atoms. The zero-order chi connectivity index (χ0) is 14.9. The predicted octanol–water partition coefficient (Wildman–Crippen LogP) is 2.27. The highest BCUT2D eigenvalue weighted by molar-refractivity contribution is 5.96. The van der Waals surface area contributed by atoms with Crippen molar-refractivity contribution >= 4 is 5.91 Å². The van der Waals surface area contributed by atoms with Gasteiger partial charge in [0, 0.05) is 24.9 Å². The van der Waals surface area contributed by atoms with Gasteiger partial charge in [-0.05, 0) is 18.9 Å². The Kier molecular flexibility index (Phi) is 6.23. The summed E-state index contributed by atoms with van der Waals surface area (Å²) in [7, 11) is 0. The quantitative estimate of drug-likeness (QED) is 0.662. The van der Waals surface area contributed by atoms with Crippen LogP contribution in [0, 0.1) is 11.8 Å². The fourth-order valence-corrected chi connectivity index (χ4v) is 2.59. The normalized spacial score (nSPS) is 15.7. The Morgan fingerprint density at radius 2 is 2.10 bits per heavy atom. The van der Waals surface area contributed by atoms with Crippen LogP contribution in [0.1, 0.15) is 60.9 Å². The molecule has 2 rings (SSSR count). The monoisotopic (exact) mass is 286 g/mol. The molecule has 1 aromatic heterocycles. The van der Waals surface area contributed by atoms with Crippen LogP contribution in [-0.2, 0) is 0 Å². The molecule has 1 heterocycles. The lowest BCUT2D eigenvalue weighted by Gasteiger charge is -2.16.